The molecule has 28 heavy (non-hydrogen) atoms. The van der Waals surface area contributed by atoms with E-state index in [2.05, 4.69) is 6.58 Å². The second-order valence-corrected chi connectivity index (χ2v) is 6.55. The highest BCUT2D eigenvalue weighted by atomic mass is 16.5. The number of hydrogen-bond donors (Lipinski definition) is 0. The molecule has 0 saturated heterocycles. The van der Waals surface area contributed by atoms with Crippen LogP contribution in [0.15, 0.2) is 91.5 Å². The fraction of sp³-hybridized carbons (Fsp3) is 0.0800. The van der Waals surface area contributed by atoms with Gasteiger partial charge in [-0.3, -0.25) is 0 Å². The van der Waals surface area contributed by atoms with Gasteiger partial charge in [-0.15, -0.1) is 0 Å². The monoisotopic (exact) mass is 368 g/mol. The van der Waals surface area contributed by atoms with Crippen LogP contribution in [0.2, 0.25) is 0 Å². The molecule has 0 amide bonds. The molecule has 3 aromatic carbocycles. The van der Waals surface area contributed by atoms with Crippen molar-refractivity contribution in [3.8, 4) is 11.5 Å². The summed E-state index contributed by atoms with van der Waals surface area (Å²) in [6, 6.07) is 26.3. The second kappa shape index (κ2) is 7.97. The van der Waals surface area contributed by atoms with Crippen LogP contribution in [0, 0.1) is 0 Å². The summed E-state index contributed by atoms with van der Waals surface area (Å²) in [6.45, 7) is 4.86. The molecule has 1 aliphatic rings. The highest BCUT2D eigenvalue weighted by Gasteiger charge is 2.16. The molecule has 0 bridgehead atoms. The first-order valence-corrected chi connectivity index (χ1v) is 9.21. The van der Waals surface area contributed by atoms with Gasteiger partial charge in [0.2, 0.25) is 0 Å². The molecule has 0 unspecified atom stereocenters. The van der Waals surface area contributed by atoms with Gasteiger partial charge in [0.25, 0.3) is 0 Å². The van der Waals surface area contributed by atoms with Gasteiger partial charge in [0, 0.05) is 12.0 Å². The lowest BCUT2D eigenvalue weighted by Crippen LogP contribution is -2.08. The third kappa shape index (κ3) is 3.74. The Morgan fingerprint density at radius 1 is 0.857 bits per heavy atom. The molecule has 3 heteroatoms. The number of hydrogen-bond acceptors (Lipinski definition) is 3. The molecule has 1 heterocycles. The first kappa shape index (κ1) is 17.8. The standard InChI is InChI=1S/C25H20O3/c1-18-16-17-27-23-15-12-19-8-4-3-7-11-21(13-14-22(19)24(18)23)28-25(26)20-9-5-2-6-10-20/h2-15H,1,16-17H2. The summed E-state index contributed by atoms with van der Waals surface area (Å²) < 4.78 is 11.4. The topological polar surface area (TPSA) is 35.5 Å². The average molecular weight is 368 g/mol. The highest BCUT2D eigenvalue weighted by molar-refractivity contribution is 5.96. The SMILES string of the molecule is C=C1CCOc2ccc3cccccc(OC(=O)c4ccccc4)ccc3c21. The Kier molecular flexibility index (Phi) is 5.07. The van der Waals surface area contributed by atoms with Crippen LogP contribution < -0.4 is 9.47 Å². The molecule has 0 spiro atoms. The fourth-order valence-electron chi connectivity index (χ4n) is 3.24. The van der Waals surface area contributed by atoms with E-state index in [4.69, 9.17) is 9.47 Å². The number of ether oxygens (including phenoxy) is 2. The van der Waals surface area contributed by atoms with Crippen LogP contribution in [0.5, 0.6) is 11.5 Å². The minimum atomic E-state index is -0.388. The Morgan fingerprint density at radius 2 is 1.61 bits per heavy atom. The van der Waals surface area contributed by atoms with Crippen molar-refractivity contribution in [2.45, 2.75) is 6.42 Å². The van der Waals surface area contributed by atoms with E-state index in [1.807, 2.05) is 66.7 Å². The summed E-state index contributed by atoms with van der Waals surface area (Å²) in [4.78, 5) is 12.4. The van der Waals surface area contributed by atoms with Gasteiger partial charge >= 0.3 is 5.97 Å². The van der Waals surface area contributed by atoms with E-state index in [0.717, 1.165) is 34.1 Å². The lowest BCUT2D eigenvalue weighted by atomic mass is 9.95. The maximum atomic E-state index is 12.4. The summed E-state index contributed by atoms with van der Waals surface area (Å²) in [6.07, 6.45) is 0.798. The zero-order valence-corrected chi connectivity index (χ0v) is 15.4. The molecule has 3 nitrogen and oxygen atoms in total. The van der Waals surface area contributed by atoms with Gasteiger partial charge in [-0.1, -0.05) is 55.1 Å². The van der Waals surface area contributed by atoms with Crippen LogP contribution in [-0.2, 0) is 0 Å². The van der Waals surface area contributed by atoms with Crippen molar-refractivity contribution in [3.05, 3.63) is 103 Å². The molecule has 1 aliphatic heterocycles. The van der Waals surface area contributed by atoms with Crippen LogP contribution in [0.3, 0.4) is 0 Å². The third-order valence-electron chi connectivity index (χ3n) is 4.65. The van der Waals surface area contributed by atoms with Gasteiger partial charge in [-0.25, -0.2) is 4.79 Å². The van der Waals surface area contributed by atoms with E-state index in [0.29, 0.717) is 17.9 Å². The number of esters is 1. The molecular formula is C25H20O3. The summed E-state index contributed by atoms with van der Waals surface area (Å²) >= 11 is 0. The molecule has 0 radical (unpaired) electrons. The molecule has 0 aliphatic carbocycles. The van der Waals surface area contributed by atoms with Crippen LogP contribution in [0.25, 0.3) is 16.3 Å². The van der Waals surface area contributed by atoms with Gasteiger partial charge in [-0.2, -0.15) is 0 Å². The molecule has 0 atom stereocenters. The molecule has 4 rings (SSSR count). The van der Waals surface area contributed by atoms with Crippen molar-refractivity contribution in [2.75, 3.05) is 6.61 Å². The van der Waals surface area contributed by atoms with Crippen LogP contribution in [-0.4, -0.2) is 12.6 Å². The van der Waals surface area contributed by atoms with Crippen molar-refractivity contribution in [3.63, 3.8) is 0 Å². The Balaban J connectivity index is 1.82. The van der Waals surface area contributed by atoms with E-state index < -0.39 is 0 Å². The Labute approximate surface area is 164 Å². The Hall–Kier alpha value is -3.59. The van der Waals surface area contributed by atoms with E-state index in [-0.39, 0.29) is 5.97 Å². The van der Waals surface area contributed by atoms with Gasteiger partial charge in [0.1, 0.15) is 11.5 Å². The molecule has 0 fully saturated rings. The molecule has 0 N–H and O–H groups in total. The maximum absolute atomic E-state index is 12.4. The van der Waals surface area contributed by atoms with E-state index in [9.17, 15) is 4.79 Å². The molecule has 3 aromatic rings. The van der Waals surface area contributed by atoms with Gasteiger partial charge in [0.15, 0.2) is 0 Å². The largest absolute Gasteiger partial charge is 0.493 e. The number of fused-ring (bicyclic) bond motifs is 3. The minimum absolute atomic E-state index is 0.388. The predicted octanol–water partition coefficient (Wildman–Crippen LogP) is 5.98. The average Bonchev–Trinajstić information content (AvgIpc) is 2.73. The van der Waals surface area contributed by atoms with Crippen LogP contribution >= 0.6 is 0 Å². The fourth-order valence-corrected chi connectivity index (χ4v) is 3.24. The summed E-state index contributed by atoms with van der Waals surface area (Å²) in [5.74, 6) is 0.916. The van der Waals surface area contributed by atoms with Crippen LogP contribution in [0.4, 0.5) is 0 Å². The van der Waals surface area contributed by atoms with Crippen LogP contribution in [0.1, 0.15) is 22.3 Å². The second-order valence-electron chi connectivity index (χ2n) is 6.55. The quantitative estimate of drug-likeness (QED) is 0.522. The first-order valence-electron chi connectivity index (χ1n) is 9.21. The first-order chi connectivity index (χ1) is 13.7. The van der Waals surface area contributed by atoms with E-state index >= 15 is 0 Å². The van der Waals surface area contributed by atoms with Gasteiger partial charge in [0.05, 0.1) is 12.2 Å². The Morgan fingerprint density at radius 3 is 2.43 bits per heavy atom. The number of carbonyl (C=O) groups is 1. The highest BCUT2D eigenvalue weighted by Crippen LogP contribution is 2.37. The van der Waals surface area contributed by atoms with Gasteiger partial charge in [-0.05, 0) is 52.7 Å². The summed E-state index contributed by atoms with van der Waals surface area (Å²) in [5, 5.41) is 2.07. The van der Waals surface area contributed by atoms with Crippen molar-refractivity contribution >= 4 is 22.3 Å². The third-order valence-corrected chi connectivity index (χ3v) is 4.65. The van der Waals surface area contributed by atoms with Gasteiger partial charge < -0.3 is 9.47 Å². The van der Waals surface area contributed by atoms with Crippen molar-refractivity contribution < 1.29 is 14.3 Å². The van der Waals surface area contributed by atoms with Crippen molar-refractivity contribution in [1.29, 1.82) is 0 Å². The number of benzene rings is 2. The summed E-state index contributed by atoms with van der Waals surface area (Å²) in [7, 11) is 0. The predicted molar refractivity (Wildman–Crippen MR) is 112 cm³/mol. The van der Waals surface area contributed by atoms with Crippen molar-refractivity contribution in [2.24, 2.45) is 0 Å². The minimum Gasteiger partial charge on any atom is -0.493 e. The molecule has 0 saturated carbocycles. The molecule has 138 valence electrons. The molecular weight excluding hydrogens is 348 g/mol. The zero-order chi connectivity index (χ0) is 19.3. The number of rotatable bonds is 2. The summed E-state index contributed by atoms with van der Waals surface area (Å²) in [5.41, 5.74) is 2.58. The zero-order valence-electron chi connectivity index (χ0n) is 15.4. The van der Waals surface area contributed by atoms with Crippen molar-refractivity contribution in [1.82, 2.24) is 0 Å². The van der Waals surface area contributed by atoms with E-state index in [1.165, 1.54) is 0 Å². The Bertz CT molecular complexity index is 1100. The maximum Gasteiger partial charge on any atom is 0.343 e. The smallest absolute Gasteiger partial charge is 0.343 e. The lowest BCUT2D eigenvalue weighted by molar-refractivity contribution is 0.0735. The normalized spacial score (nSPS) is 12.5. The molecule has 0 aromatic heterocycles. The lowest BCUT2D eigenvalue weighted by Gasteiger charge is -2.20. The number of carbonyl (C=O) groups excluding carboxylic acids is 1. The van der Waals surface area contributed by atoms with E-state index in [1.54, 1.807) is 18.2 Å².